The molecular formula is C13H23N3O. The van der Waals surface area contributed by atoms with Gasteiger partial charge in [-0.2, -0.15) is 0 Å². The summed E-state index contributed by atoms with van der Waals surface area (Å²) in [5.41, 5.74) is 2.35. The first-order valence-corrected chi connectivity index (χ1v) is 6.40. The molecule has 0 aromatic carbocycles. The molecule has 1 aliphatic carbocycles. The maximum Gasteiger partial charge on any atom is 0.247 e. The van der Waals surface area contributed by atoms with Gasteiger partial charge < -0.3 is 15.5 Å². The summed E-state index contributed by atoms with van der Waals surface area (Å²) < 4.78 is 0. The van der Waals surface area contributed by atoms with Gasteiger partial charge in [-0.05, 0) is 45.9 Å². The Morgan fingerprint density at radius 2 is 2.06 bits per heavy atom. The van der Waals surface area contributed by atoms with Crippen LogP contribution in [-0.2, 0) is 4.79 Å². The number of nitrogens with zero attached hydrogens (tertiary/aromatic N) is 1. The minimum Gasteiger partial charge on any atom is -0.350 e. The Labute approximate surface area is 103 Å². The summed E-state index contributed by atoms with van der Waals surface area (Å²) in [4.78, 5) is 14.2. The fraction of sp³-hybridized carbons (Fsp3) is 0.769. The third kappa shape index (κ3) is 2.38. The van der Waals surface area contributed by atoms with E-state index in [2.05, 4.69) is 29.6 Å². The molecule has 0 unspecified atom stereocenters. The second-order valence-electron chi connectivity index (χ2n) is 5.49. The molecule has 0 aromatic rings. The Bertz CT molecular complexity index is 337. The van der Waals surface area contributed by atoms with Crippen LogP contribution in [0.3, 0.4) is 0 Å². The molecule has 4 heteroatoms. The summed E-state index contributed by atoms with van der Waals surface area (Å²) in [5.74, 6) is 0.106. The molecule has 2 rings (SSSR count). The van der Waals surface area contributed by atoms with Gasteiger partial charge in [0.2, 0.25) is 5.91 Å². The Hall–Kier alpha value is -0.870. The predicted molar refractivity (Wildman–Crippen MR) is 68.8 cm³/mol. The molecule has 1 heterocycles. The van der Waals surface area contributed by atoms with Crippen molar-refractivity contribution in [2.24, 2.45) is 0 Å². The van der Waals surface area contributed by atoms with Gasteiger partial charge in [0.25, 0.3) is 0 Å². The summed E-state index contributed by atoms with van der Waals surface area (Å²) in [6.45, 7) is 4.45. The summed E-state index contributed by atoms with van der Waals surface area (Å²) in [7, 11) is 4.21. The molecule has 2 fully saturated rings. The summed E-state index contributed by atoms with van der Waals surface area (Å²) >= 11 is 0. The zero-order valence-corrected chi connectivity index (χ0v) is 11.1. The van der Waals surface area contributed by atoms with Crippen molar-refractivity contribution in [3.05, 3.63) is 11.1 Å². The molecule has 0 bridgehead atoms. The average Bonchev–Trinajstić information content (AvgIpc) is 2.12. The van der Waals surface area contributed by atoms with Gasteiger partial charge in [0.1, 0.15) is 0 Å². The Morgan fingerprint density at radius 1 is 1.41 bits per heavy atom. The van der Waals surface area contributed by atoms with E-state index < -0.39 is 0 Å². The summed E-state index contributed by atoms with van der Waals surface area (Å²) in [5, 5.41) is 6.25. The Kier molecular flexibility index (Phi) is 3.54. The van der Waals surface area contributed by atoms with Crippen molar-refractivity contribution in [3.8, 4) is 0 Å². The standard InChI is InChI=1S/C13H23N3O/c1-10(11-7-14-8-11)12(17)15-9-13(16(2)3)5-4-6-13/h14H,4-9H2,1-3H3,(H,15,17). The maximum absolute atomic E-state index is 12.0. The van der Waals surface area contributed by atoms with Gasteiger partial charge in [-0.15, -0.1) is 0 Å². The van der Waals surface area contributed by atoms with Crippen LogP contribution in [0.25, 0.3) is 0 Å². The lowest BCUT2D eigenvalue weighted by Crippen LogP contribution is -2.57. The second-order valence-corrected chi connectivity index (χ2v) is 5.49. The molecule has 17 heavy (non-hydrogen) atoms. The molecule has 2 N–H and O–H groups in total. The van der Waals surface area contributed by atoms with Crippen molar-refractivity contribution in [1.29, 1.82) is 0 Å². The largest absolute Gasteiger partial charge is 0.350 e. The number of carbonyl (C=O) groups is 1. The summed E-state index contributed by atoms with van der Waals surface area (Å²) in [6.07, 6.45) is 3.66. The van der Waals surface area contributed by atoms with Gasteiger partial charge in [-0.3, -0.25) is 4.79 Å². The molecule has 0 radical (unpaired) electrons. The zero-order valence-electron chi connectivity index (χ0n) is 11.1. The molecular weight excluding hydrogens is 214 g/mol. The van der Waals surface area contributed by atoms with E-state index in [1.165, 1.54) is 24.8 Å². The Balaban J connectivity index is 1.87. The van der Waals surface area contributed by atoms with Gasteiger partial charge >= 0.3 is 0 Å². The fourth-order valence-electron chi connectivity index (χ4n) is 2.42. The highest BCUT2D eigenvalue weighted by Crippen LogP contribution is 2.35. The first-order valence-electron chi connectivity index (χ1n) is 6.40. The lowest BCUT2D eigenvalue weighted by molar-refractivity contribution is -0.118. The van der Waals surface area contributed by atoms with E-state index >= 15 is 0 Å². The molecule has 1 amide bonds. The molecule has 96 valence electrons. The van der Waals surface area contributed by atoms with Gasteiger partial charge in [0.05, 0.1) is 0 Å². The van der Waals surface area contributed by atoms with Gasteiger partial charge in [-0.1, -0.05) is 0 Å². The summed E-state index contributed by atoms with van der Waals surface area (Å²) in [6, 6.07) is 0. The molecule has 0 aromatic heterocycles. The number of rotatable bonds is 4. The molecule has 1 aliphatic heterocycles. The van der Waals surface area contributed by atoms with Crippen LogP contribution in [-0.4, -0.2) is 50.1 Å². The minimum atomic E-state index is 0.106. The highest BCUT2D eigenvalue weighted by Gasteiger charge is 2.39. The predicted octanol–water partition coefficient (Wildman–Crippen LogP) is 0.507. The average molecular weight is 237 g/mol. The van der Waals surface area contributed by atoms with Crippen molar-refractivity contribution >= 4 is 5.91 Å². The second kappa shape index (κ2) is 4.78. The molecule has 4 nitrogen and oxygen atoms in total. The third-order valence-corrected chi connectivity index (χ3v) is 4.36. The lowest BCUT2D eigenvalue weighted by Gasteiger charge is -2.47. The Morgan fingerprint density at radius 3 is 2.41 bits per heavy atom. The first-order chi connectivity index (χ1) is 8.05. The number of hydrogen-bond donors (Lipinski definition) is 2. The monoisotopic (exact) mass is 237 g/mol. The van der Waals surface area contributed by atoms with Crippen LogP contribution in [0.5, 0.6) is 0 Å². The highest BCUT2D eigenvalue weighted by molar-refractivity contribution is 5.94. The van der Waals surface area contributed by atoms with Crippen LogP contribution < -0.4 is 10.6 Å². The van der Waals surface area contributed by atoms with Gasteiger partial charge in [-0.25, -0.2) is 0 Å². The number of hydrogen-bond acceptors (Lipinski definition) is 3. The van der Waals surface area contributed by atoms with Crippen LogP contribution in [0.4, 0.5) is 0 Å². The van der Waals surface area contributed by atoms with Crippen LogP contribution in [0, 0.1) is 0 Å². The van der Waals surface area contributed by atoms with E-state index in [0.717, 1.165) is 25.2 Å². The molecule has 1 saturated carbocycles. The van der Waals surface area contributed by atoms with Crippen LogP contribution in [0.15, 0.2) is 11.1 Å². The highest BCUT2D eigenvalue weighted by atomic mass is 16.1. The molecule has 0 spiro atoms. The van der Waals surface area contributed by atoms with Crippen molar-refractivity contribution in [1.82, 2.24) is 15.5 Å². The van der Waals surface area contributed by atoms with Crippen molar-refractivity contribution in [2.75, 3.05) is 33.7 Å². The zero-order chi connectivity index (χ0) is 12.5. The lowest BCUT2D eigenvalue weighted by atomic mass is 9.75. The van der Waals surface area contributed by atoms with Crippen molar-refractivity contribution < 1.29 is 4.79 Å². The van der Waals surface area contributed by atoms with Crippen LogP contribution in [0.2, 0.25) is 0 Å². The quantitative estimate of drug-likeness (QED) is 0.700. The number of amides is 1. The SMILES string of the molecule is CC(C(=O)NCC1(N(C)C)CCC1)=C1CNC1. The van der Waals surface area contributed by atoms with Crippen molar-refractivity contribution in [3.63, 3.8) is 0 Å². The van der Waals surface area contributed by atoms with E-state index in [1.54, 1.807) is 0 Å². The minimum absolute atomic E-state index is 0.106. The maximum atomic E-state index is 12.0. The molecule has 0 atom stereocenters. The number of nitrogens with one attached hydrogen (secondary N) is 2. The van der Waals surface area contributed by atoms with Crippen LogP contribution >= 0.6 is 0 Å². The van der Waals surface area contributed by atoms with E-state index in [1.807, 2.05) is 6.92 Å². The van der Waals surface area contributed by atoms with E-state index in [0.29, 0.717) is 0 Å². The number of carbonyl (C=O) groups excluding carboxylic acids is 1. The van der Waals surface area contributed by atoms with Crippen LogP contribution in [0.1, 0.15) is 26.2 Å². The topological polar surface area (TPSA) is 44.4 Å². The van der Waals surface area contributed by atoms with E-state index in [-0.39, 0.29) is 11.4 Å². The first kappa shape index (κ1) is 12.6. The fourth-order valence-corrected chi connectivity index (χ4v) is 2.42. The van der Waals surface area contributed by atoms with Gasteiger partial charge in [0, 0.05) is 30.7 Å². The molecule has 1 saturated heterocycles. The van der Waals surface area contributed by atoms with Gasteiger partial charge in [0.15, 0.2) is 0 Å². The normalized spacial score (nSPS) is 21.8. The van der Waals surface area contributed by atoms with Crippen molar-refractivity contribution in [2.45, 2.75) is 31.7 Å². The van der Waals surface area contributed by atoms with E-state index in [4.69, 9.17) is 0 Å². The smallest absolute Gasteiger partial charge is 0.247 e. The third-order valence-electron chi connectivity index (χ3n) is 4.36. The number of likely N-dealkylation sites (N-methyl/N-ethyl adjacent to an activating group) is 1. The molecule has 2 aliphatic rings. The van der Waals surface area contributed by atoms with E-state index in [9.17, 15) is 4.79 Å².